The molecule has 1 saturated carbocycles. The van der Waals surface area contributed by atoms with Gasteiger partial charge in [0, 0.05) is 0 Å². The Hall–Kier alpha value is -0.980. The molecule has 0 heterocycles. The molecule has 0 aliphatic heterocycles. The Morgan fingerprint density at radius 2 is 1.67 bits per heavy atom. The second-order valence-corrected chi connectivity index (χ2v) is 6.28. The number of nitrogens with one attached hydrogen (secondary N) is 1. The zero-order chi connectivity index (χ0) is 15.3. The standard InChI is InChI=1S/C18H28.CHNS/c1-2-3-4-6-9-16-12-14-18(15-13-16)17-10-7-5-8-11-17;2-1-3/h5,7-8,10-11,16,18H,2-4,6,9,12-15H2,1H3;2H/t16-,18-;. The highest BCUT2D eigenvalue weighted by molar-refractivity contribution is 7.78. The van der Waals surface area contributed by atoms with Crippen LogP contribution in [0.2, 0.25) is 0 Å². The molecule has 0 spiro atoms. The Balaban J connectivity index is 0.000000677. The summed E-state index contributed by atoms with van der Waals surface area (Å²) >= 11 is 3.81. The molecule has 0 unspecified atom stereocenters. The summed E-state index contributed by atoms with van der Waals surface area (Å²) in [6, 6.07) is 11.1. The van der Waals surface area contributed by atoms with E-state index >= 15 is 0 Å². The van der Waals surface area contributed by atoms with Crippen LogP contribution in [-0.2, 0) is 0 Å². The molecule has 1 N–H and O–H groups in total. The van der Waals surface area contributed by atoms with E-state index in [1.807, 2.05) is 0 Å². The van der Waals surface area contributed by atoms with Gasteiger partial charge in [0.2, 0.25) is 0 Å². The predicted octanol–water partition coefficient (Wildman–Crippen LogP) is 6.60. The SMILES string of the molecule is CCCCCC[C@H]1CC[C@H](c2ccccc2)CC1.N=C=S. The summed E-state index contributed by atoms with van der Waals surface area (Å²) in [5, 5.41) is 7.36. The number of benzene rings is 1. The Labute approximate surface area is 135 Å². The van der Waals surface area contributed by atoms with Crippen molar-refractivity contribution >= 4 is 17.4 Å². The summed E-state index contributed by atoms with van der Waals surface area (Å²) in [6.45, 7) is 2.30. The van der Waals surface area contributed by atoms with Gasteiger partial charge in [0.25, 0.3) is 0 Å². The number of isothiocyanates is 1. The third-order valence-electron chi connectivity index (χ3n) is 4.58. The predicted molar refractivity (Wildman–Crippen MR) is 95.2 cm³/mol. The van der Waals surface area contributed by atoms with E-state index in [0.29, 0.717) is 0 Å². The fourth-order valence-corrected chi connectivity index (χ4v) is 3.37. The maximum atomic E-state index is 5.77. The maximum absolute atomic E-state index is 5.77. The lowest BCUT2D eigenvalue weighted by Gasteiger charge is -2.28. The first-order valence-corrected chi connectivity index (χ1v) is 8.81. The normalized spacial score (nSPS) is 21.0. The third-order valence-corrected chi connectivity index (χ3v) is 4.58. The van der Waals surface area contributed by atoms with Crippen molar-refractivity contribution in [2.24, 2.45) is 5.92 Å². The van der Waals surface area contributed by atoms with Crippen LogP contribution in [0.25, 0.3) is 0 Å². The van der Waals surface area contributed by atoms with E-state index in [-0.39, 0.29) is 0 Å². The first-order chi connectivity index (χ1) is 10.3. The minimum Gasteiger partial charge on any atom is -0.248 e. The fraction of sp³-hybridized carbons (Fsp3) is 0.632. The van der Waals surface area contributed by atoms with Crippen LogP contribution in [0.4, 0.5) is 0 Å². The van der Waals surface area contributed by atoms with Crippen molar-refractivity contribution in [2.45, 2.75) is 70.6 Å². The van der Waals surface area contributed by atoms with Crippen LogP contribution in [0.15, 0.2) is 30.3 Å². The summed E-state index contributed by atoms with van der Waals surface area (Å²) in [7, 11) is 0. The molecular formula is C19H29NS. The second-order valence-electron chi connectivity index (χ2n) is 6.08. The van der Waals surface area contributed by atoms with Crippen molar-refractivity contribution in [3.63, 3.8) is 0 Å². The van der Waals surface area contributed by atoms with E-state index < -0.39 is 0 Å². The topological polar surface area (TPSA) is 23.9 Å². The number of unbranched alkanes of at least 4 members (excludes halogenated alkanes) is 3. The molecule has 2 rings (SSSR count). The number of thiocarbonyl (C=S) groups is 1. The van der Waals surface area contributed by atoms with Gasteiger partial charge in [-0.2, -0.15) is 0 Å². The second kappa shape index (κ2) is 11.7. The number of hydrogen-bond acceptors (Lipinski definition) is 2. The molecular weight excluding hydrogens is 274 g/mol. The Morgan fingerprint density at radius 1 is 1.05 bits per heavy atom. The summed E-state index contributed by atoms with van der Waals surface area (Å²) in [4.78, 5) is 0. The Morgan fingerprint density at radius 3 is 2.24 bits per heavy atom. The van der Waals surface area contributed by atoms with Gasteiger partial charge in [0.1, 0.15) is 0 Å². The van der Waals surface area contributed by atoms with E-state index in [2.05, 4.69) is 49.5 Å². The van der Waals surface area contributed by atoms with Crippen LogP contribution in [0.5, 0.6) is 0 Å². The van der Waals surface area contributed by atoms with E-state index in [0.717, 1.165) is 11.8 Å². The molecule has 2 heteroatoms. The van der Waals surface area contributed by atoms with E-state index in [1.165, 1.54) is 57.8 Å². The summed E-state index contributed by atoms with van der Waals surface area (Å²) in [5.74, 6) is 1.87. The lowest BCUT2D eigenvalue weighted by atomic mass is 9.77. The van der Waals surface area contributed by atoms with E-state index in [4.69, 9.17) is 5.41 Å². The summed E-state index contributed by atoms with van der Waals surface area (Å²) in [6.07, 6.45) is 13.0. The van der Waals surface area contributed by atoms with Crippen LogP contribution in [0.1, 0.15) is 76.2 Å². The molecule has 0 saturated heterocycles. The average Bonchev–Trinajstić information content (AvgIpc) is 2.54. The molecule has 1 nitrogen and oxygen atoms in total. The lowest BCUT2D eigenvalue weighted by molar-refractivity contribution is 0.302. The molecule has 116 valence electrons. The molecule has 1 fully saturated rings. The zero-order valence-electron chi connectivity index (χ0n) is 13.3. The smallest absolute Gasteiger partial charge is 0.0554 e. The van der Waals surface area contributed by atoms with Gasteiger partial charge in [-0.3, -0.25) is 0 Å². The highest BCUT2D eigenvalue weighted by Crippen LogP contribution is 2.37. The quantitative estimate of drug-likeness (QED) is 0.357. The first-order valence-electron chi connectivity index (χ1n) is 8.40. The van der Waals surface area contributed by atoms with Crippen LogP contribution in [-0.4, -0.2) is 5.16 Å². The number of rotatable bonds is 6. The van der Waals surface area contributed by atoms with Gasteiger partial charge in [0.15, 0.2) is 0 Å². The van der Waals surface area contributed by atoms with Gasteiger partial charge in [-0.1, -0.05) is 69.4 Å². The van der Waals surface area contributed by atoms with Gasteiger partial charge in [-0.15, -0.1) is 0 Å². The number of hydrogen-bond donors (Lipinski definition) is 1. The summed E-state index contributed by atoms with van der Waals surface area (Å²) < 4.78 is 0. The average molecular weight is 304 g/mol. The zero-order valence-corrected chi connectivity index (χ0v) is 14.1. The molecule has 0 atom stereocenters. The van der Waals surface area contributed by atoms with Crippen molar-refractivity contribution < 1.29 is 0 Å². The lowest BCUT2D eigenvalue weighted by Crippen LogP contribution is -2.13. The van der Waals surface area contributed by atoms with Gasteiger partial charge >= 0.3 is 0 Å². The van der Waals surface area contributed by atoms with Gasteiger partial charge in [-0.05, 0) is 55.3 Å². The maximum Gasteiger partial charge on any atom is 0.0554 e. The van der Waals surface area contributed by atoms with Crippen molar-refractivity contribution in [1.29, 1.82) is 5.41 Å². The monoisotopic (exact) mass is 303 g/mol. The van der Waals surface area contributed by atoms with Crippen LogP contribution in [0, 0.1) is 11.3 Å². The molecule has 1 aliphatic carbocycles. The first kappa shape index (κ1) is 18.1. The van der Waals surface area contributed by atoms with E-state index in [1.54, 1.807) is 10.7 Å². The van der Waals surface area contributed by atoms with Gasteiger partial charge < -0.3 is 0 Å². The molecule has 21 heavy (non-hydrogen) atoms. The molecule has 0 amide bonds. The molecule has 0 aromatic heterocycles. The Kier molecular flexibility index (Phi) is 10.0. The van der Waals surface area contributed by atoms with Crippen molar-refractivity contribution in [2.75, 3.05) is 0 Å². The Bertz CT molecular complexity index is 387. The molecule has 1 aromatic rings. The minimum atomic E-state index is 0.845. The molecule has 0 bridgehead atoms. The van der Waals surface area contributed by atoms with Crippen molar-refractivity contribution in [3.05, 3.63) is 35.9 Å². The van der Waals surface area contributed by atoms with Gasteiger partial charge in [-0.25, -0.2) is 5.41 Å². The van der Waals surface area contributed by atoms with Crippen LogP contribution >= 0.6 is 12.2 Å². The minimum absolute atomic E-state index is 0.845. The van der Waals surface area contributed by atoms with Crippen LogP contribution < -0.4 is 0 Å². The van der Waals surface area contributed by atoms with Crippen molar-refractivity contribution in [1.82, 2.24) is 0 Å². The largest absolute Gasteiger partial charge is 0.248 e. The summed E-state index contributed by atoms with van der Waals surface area (Å²) in [5.41, 5.74) is 1.57. The van der Waals surface area contributed by atoms with Gasteiger partial charge in [0.05, 0.1) is 5.16 Å². The molecule has 1 aromatic carbocycles. The third kappa shape index (κ3) is 7.55. The highest BCUT2D eigenvalue weighted by atomic mass is 32.1. The molecule has 1 aliphatic rings. The highest BCUT2D eigenvalue weighted by Gasteiger charge is 2.21. The molecule has 0 radical (unpaired) electrons. The van der Waals surface area contributed by atoms with Crippen LogP contribution in [0.3, 0.4) is 0 Å². The van der Waals surface area contributed by atoms with E-state index in [9.17, 15) is 0 Å². The fourth-order valence-electron chi connectivity index (χ4n) is 3.37. The van der Waals surface area contributed by atoms with Crippen molar-refractivity contribution in [3.8, 4) is 0 Å².